The van der Waals surface area contributed by atoms with E-state index in [-0.39, 0.29) is 5.92 Å². The van der Waals surface area contributed by atoms with Crippen LogP contribution in [-0.4, -0.2) is 47.2 Å². The van der Waals surface area contributed by atoms with Crippen molar-refractivity contribution in [3.63, 3.8) is 0 Å². The zero-order chi connectivity index (χ0) is 17.1. The van der Waals surface area contributed by atoms with Gasteiger partial charge < -0.3 is 14.2 Å². The minimum Gasteiger partial charge on any atom is -0.463 e. The second kappa shape index (κ2) is 7.25. The van der Waals surface area contributed by atoms with E-state index in [1.165, 1.54) is 19.3 Å². The van der Waals surface area contributed by atoms with E-state index in [1.807, 2.05) is 29.2 Å². The fraction of sp³-hybridized carbons (Fsp3) is 0.526. The third-order valence-electron chi connectivity index (χ3n) is 5.29. The zero-order valence-electron chi connectivity index (χ0n) is 14.4. The van der Waals surface area contributed by atoms with Gasteiger partial charge >= 0.3 is 0 Å². The molecule has 25 heavy (non-hydrogen) atoms. The summed E-state index contributed by atoms with van der Waals surface area (Å²) in [6.07, 6.45) is 7.46. The maximum atomic E-state index is 12.6. The van der Waals surface area contributed by atoms with Gasteiger partial charge in [-0.15, -0.1) is 10.2 Å². The number of rotatable bonds is 3. The van der Waals surface area contributed by atoms with Crippen molar-refractivity contribution in [2.45, 2.75) is 32.1 Å². The van der Waals surface area contributed by atoms with E-state index < -0.39 is 0 Å². The van der Waals surface area contributed by atoms with Gasteiger partial charge in [0, 0.05) is 32.1 Å². The van der Waals surface area contributed by atoms with Crippen LogP contribution in [-0.2, 0) is 4.79 Å². The molecule has 0 spiro atoms. The molecule has 0 unspecified atom stereocenters. The summed E-state index contributed by atoms with van der Waals surface area (Å²) in [5, 5.41) is 8.59. The van der Waals surface area contributed by atoms with Crippen LogP contribution in [0.1, 0.15) is 32.1 Å². The first-order chi connectivity index (χ1) is 12.3. The number of furan rings is 1. The Kier molecular flexibility index (Phi) is 4.68. The summed E-state index contributed by atoms with van der Waals surface area (Å²) < 4.78 is 5.34. The Bertz CT molecular complexity index is 685. The third kappa shape index (κ3) is 3.52. The van der Waals surface area contributed by atoms with Crippen LogP contribution in [0.5, 0.6) is 0 Å². The molecule has 0 radical (unpaired) electrons. The summed E-state index contributed by atoms with van der Waals surface area (Å²) >= 11 is 0. The lowest BCUT2D eigenvalue weighted by Crippen LogP contribution is -2.50. The number of carbonyl (C=O) groups excluding carboxylic acids is 1. The van der Waals surface area contributed by atoms with E-state index in [2.05, 4.69) is 15.1 Å². The Labute approximate surface area is 147 Å². The number of aromatic nitrogens is 2. The fourth-order valence-corrected chi connectivity index (χ4v) is 3.81. The summed E-state index contributed by atoms with van der Waals surface area (Å²) in [4.78, 5) is 16.9. The maximum absolute atomic E-state index is 12.6. The minimum atomic E-state index is 0.257. The van der Waals surface area contributed by atoms with E-state index in [4.69, 9.17) is 4.42 Å². The lowest BCUT2D eigenvalue weighted by Gasteiger charge is -2.37. The van der Waals surface area contributed by atoms with Gasteiger partial charge in [0.1, 0.15) is 5.69 Å². The molecule has 6 nitrogen and oxygen atoms in total. The number of anilines is 1. The largest absolute Gasteiger partial charge is 0.463 e. The number of carbonyl (C=O) groups is 1. The van der Waals surface area contributed by atoms with Crippen molar-refractivity contribution in [3.05, 3.63) is 30.5 Å². The van der Waals surface area contributed by atoms with Gasteiger partial charge in [0.2, 0.25) is 5.91 Å². The van der Waals surface area contributed by atoms with Crippen LogP contribution in [0.15, 0.2) is 34.9 Å². The summed E-state index contributed by atoms with van der Waals surface area (Å²) in [7, 11) is 0. The van der Waals surface area contributed by atoms with E-state index in [9.17, 15) is 4.79 Å². The molecule has 2 aliphatic rings. The molecule has 4 rings (SSSR count). The molecule has 0 atom stereocenters. The monoisotopic (exact) mass is 340 g/mol. The van der Waals surface area contributed by atoms with Gasteiger partial charge in [-0.05, 0) is 37.1 Å². The summed E-state index contributed by atoms with van der Waals surface area (Å²) in [6, 6.07) is 7.62. The molecule has 1 saturated carbocycles. The first-order valence-electron chi connectivity index (χ1n) is 9.22. The molecule has 1 aliphatic heterocycles. The van der Waals surface area contributed by atoms with E-state index in [0.717, 1.165) is 56.3 Å². The standard InChI is InChI=1S/C19H24N4O2/c24-19(15-5-2-1-3-6-15)23-12-10-22(11-13-23)18-9-8-16(20-21-18)17-7-4-14-25-17/h4,7-9,14-15H,1-3,5-6,10-13H2. The van der Waals surface area contributed by atoms with E-state index in [1.54, 1.807) is 6.26 Å². The Morgan fingerprint density at radius 1 is 1.00 bits per heavy atom. The van der Waals surface area contributed by atoms with Gasteiger partial charge in [0.15, 0.2) is 11.6 Å². The zero-order valence-corrected chi connectivity index (χ0v) is 14.4. The normalized spacial score (nSPS) is 19.2. The Morgan fingerprint density at radius 2 is 1.80 bits per heavy atom. The van der Waals surface area contributed by atoms with Crippen molar-refractivity contribution in [2.24, 2.45) is 5.92 Å². The van der Waals surface area contributed by atoms with Gasteiger partial charge in [0.05, 0.1) is 6.26 Å². The Balaban J connectivity index is 1.34. The predicted molar refractivity (Wildman–Crippen MR) is 95.1 cm³/mol. The third-order valence-corrected chi connectivity index (χ3v) is 5.29. The quantitative estimate of drug-likeness (QED) is 0.859. The maximum Gasteiger partial charge on any atom is 0.225 e. The highest BCUT2D eigenvalue weighted by atomic mass is 16.3. The molecule has 1 amide bonds. The van der Waals surface area contributed by atoms with Gasteiger partial charge in [0.25, 0.3) is 0 Å². The molecule has 1 saturated heterocycles. The van der Waals surface area contributed by atoms with Crippen LogP contribution in [0.3, 0.4) is 0 Å². The summed E-state index contributed by atoms with van der Waals surface area (Å²) in [5.41, 5.74) is 0.736. The smallest absolute Gasteiger partial charge is 0.225 e. The number of piperazine rings is 1. The SMILES string of the molecule is O=C(C1CCCCC1)N1CCN(c2ccc(-c3ccco3)nn2)CC1. The summed E-state index contributed by atoms with van der Waals surface area (Å²) in [5.74, 6) is 2.20. The van der Waals surface area contributed by atoms with Crippen molar-refractivity contribution in [1.82, 2.24) is 15.1 Å². The second-order valence-corrected chi connectivity index (χ2v) is 6.90. The van der Waals surface area contributed by atoms with Gasteiger partial charge in [-0.1, -0.05) is 19.3 Å². The van der Waals surface area contributed by atoms with Crippen LogP contribution in [0.4, 0.5) is 5.82 Å². The van der Waals surface area contributed by atoms with Crippen molar-refractivity contribution < 1.29 is 9.21 Å². The molecule has 3 heterocycles. The van der Waals surface area contributed by atoms with Crippen molar-refractivity contribution in [2.75, 3.05) is 31.1 Å². The molecular weight excluding hydrogens is 316 g/mol. The van der Waals surface area contributed by atoms with E-state index in [0.29, 0.717) is 5.91 Å². The Hall–Kier alpha value is -2.37. The molecule has 1 aliphatic carbocycles. The van der Waals surface area contributed by atoms with Gasteiger partial charge in [-0.25, -0.2) is 0 Å². The molecular formula is C19H24N4O2. The first-order valence-corrected chi connectivity index (χ1v) is 9.22. The van der Waals surface area contributed by atoms with Crippen LogP contribution >= 0.6 is 0 Å². The van der Waals surface area contributed by atoms with Crippen molar-refractivity contribution in [3.8, 4) is 11.5 Å². The lowest BCUT2D eigenvalue weighted by molar-refractivity contribution is -0.136. The predicted octanol–water partition coefficient (Wildman–Crippen LogP) is 2.97. The first kappa shape index (κ1) is 16.1. The molecule has 0 aromatic carbocycles. The minimum absolute atomic E-state index is 0.257. The molecule has 6 heteroatoms. The highest BCUT2D eigenvalue weighted by molar-refractivity contribution is 5.79. The summed E-state index contributed by atoms with van der Waals surface area (Å²) in [6.45, 7) is 3.17. The molecule has 2 fully saturated rings. The van der Waals surface area contributed by atoms with Crippen LogP contribution < -0.4 is 4.90 Å². The number of hydrogen-bond acceptors (Lipinski definition) is 5. The molecule has 2 aromatic heterocycles. The van der Waals surface area contributed by atoms with Crippen LogP contribution in [0.2, 0.25) is 0 Å². The van der Waals surface area contributed by atoms with Crippen LogP contribution in [0.25, 0.3) is 11.5 Å². The molecule has 0 N–H and O–H groups in total. The number of hydrogen-bond donors (Lipinski definition) is 0. The number of nitrogens with zero attached hydrogens (tertiary/aromatic N) is 4. The van der Waals surface area contributed by atoms with E-state index >= 15 is 0 Å². The van der Waals surface area contributed by atoms with Gasteiger partial charge in [-0.2, -0.15) is 0 Å². The molecule has 0 bridgehead atoms. The molecule has 2 aromatic rings. The van der Waals surface area contributed by atoms with Gasteiger partial charge in [-0.3, -0.25) is 4.79 Å². The van der Waals surface area contributed by atoms with Crippen LogP contribution in [0, 0.1) is 5.92 Å². The second-order valence-electron chi connectivity index (χ2n) is 6.90. The Morgan fingerprint density at radius 3 is 2.44 bits per heavy atom. The average Bonchev–Trinajstić information content (AvgIpc) is 3.23. The highest BCUT2D eigenvalue weighted by Gasteiger charge is 2.28. The van der Waals surface area contributed by atoms with Crippen molar-refractivity contribution >= 4 is 11.7 Å². The topological polar surface area (TPSA) is 62.5 Å². The lowest BCUT2D eigenvalue weighted by atomic mass is 9.88. The average molecular weight is 340 g/mol. The molecule has 132 valence electrons. The number of amides is 1. The fourth-order valence-electron chi connectivity index (χ4n) is 3.81. The van der Waals surface area contributed by atoms with Crippen molar-refractivity contribution in [1.29, 1.82) is 0 Å². The highest BCUT2D eigenvalue weighted by Crippen LogP contribution is 2.26.